The van der Waals surface area contributed by atoms with Crippen LogP contribution < -0.4 is 4.65 Å². The zero-order valence-corrected chi connectivity index (χ0v) is 23.6. The van der Waals surface area contributed by atoms with Gasteiger partial charge < -0.3 is 4.65 Å². The number of unbranched alkanes of at least 4 members (excludes halogenated alkanes) is 16. The molecule has 0 heterocycles. The fourth-order valence-electron chi connectivity index (χ4n) is 4.80. The first-order chi connectivity index (χ1) is 13.8. The molecule has 176 valence electrons. The standard InChI is InChI=1S/C26H59NSi2/c1-7-9-11-13-15-17-19-21-23-25-28(3,4)27-29(5,6)26-24-22-20-18-16-14-12-10-8-2/h27H,7-26H2,1-6H3. The third kappa shape index (κ3) is 21.4. The molecule has 0 aliphatic rings. The van der Waals surface area contributed by atoms with Gasteiger partial charge in [0.1, 0.15) is 16.5 Å². The predicted octanol–water partition coefficient (Wildman–Crippen LogP) is 10.0. The van der Waals surface area contributed by atoms with Gasteiger partial charge in [0, 0.05) is 0 Å². The van der Waals surface area contributed by atoms with E-state index >= 15 is 0 Å². The first-order valence-corrected chi connectivity index (χ1v) is 20.0. The van der Waals surface area contributed by atoms with Crippen LogP contribution in [0.4, 0.5) is 0 Å². The summed E-state index contributed by atoms with van der Waals surface area (Å²) in [6, 6.07) is 2.97. The summed E-state index contributed by atoms with van der Waals surface area (Å²) in [7, 11) is -2.41. The molecule has 1 nitrogen and oxygen atoms in total. The van der Waals surface area contributed by atoms with Crippen LogP contribution in [0.25, 0.3) is 0 Å². The number of rotatable bonds is 22. The lowest BCUT2D eigenvalue weighted by Crippen LogP contribution is -2.58. The lowest BCUT2D eigenvalue weighted by Gasteiger charge is -2.35. The monoisotopic (exact) mass is 441 g/mol. The normalized spacial score (nSPS) is 12.6. The Labute approximate surface area is 188 Å². The van der Waals surface area contributed by atoms with Crippen molar-refractivity contribution in [1.82, 2.24) is 4.65 Å². The Hall–Kier alpha value is 0.394. The minimum absolute atomic E-state index is 1.21. The average molecular weight is 442 g/mol. The zero-order chi connectivity index (χ0) is 21.8. The lowest BCUT2D eigenvalue weighted by molar-refractivity contribution is 0.570. The molecule has 0 aliphatic carbocycles. The first-order valence-electron chi connectivity index (χ1n) is 13.6. The lowest BCUT2D eigenvalue weighted by atomic mass is 10.1. The summed E-state index contributed by atoms with van der Waals surface area (Å²) in [6.45, 7) is 15.0. The van der Waals surface area contributed by atoms with E-state index in [1.165, 1.54) is 128 Å². The third-order valence-electron chi connectivity index (χ3n) is 6.49. The van der Waals surface area contributed by atoms with Crippen LogP contribution in [-0.2, 0) is 0 Å². The SMILES string of the molecule is CCCCCCCCCCC[Si](C)(C)N[Si](C)(C)CCCCCCCCCCC. The fraction of sp³-hybridized carbons (Fsp3) is 1.00. The highest BCUT2D eigenvalue weighted by molar-refractivity contribution is 6.91. The van der Waals surface area contributed by atoms with Gasteiger partial charge in [0.2, 0.25) is 0 Å². The smallest absolute Gasteiger partial charge is 0.112 e. The molecule has 0 aromatic carbocycles. The van der Waals surface area contributed by atoms with Crippen molar-refractivity contribution in [2.45, 2.75) is 168 Å². The zero-order valence-electron chi connectivity index (χ0n) is 21.6. The second-order valence-corrected chi connectivity index (χ2v) is 20.6. The Balaban J connectivity index is 3.69. The summed E-state index contributed by atoms with van der Waals surface area (Å²) in [4.78, 5) is 0. The topological polar surface area (TPSA) is 12.0 Å². The van der Waals surface area contributed by atoms with E-state index in [0.717, 1.165) is 0 Å². The quantitative estimate of drug-likeness (QED) is 0.130. The molecule has 0 unspecified atom stereocenters. The Morgan fingerprint density at radius 1 is 0.379 bits per heavy atom. The minimum atomic E-state index is -1.21. The fourth-order valence-corrected chi connectivity index (χ4v) is 15.4. The van der Waals surface area contributed by atoms with Gasteiger partial charge in [-0.2, -0.15) is 0 Å². The van der Waals surface area contributed by atoms with Gasteiger partial charge in [0.05, 0.1) is 0 Å². The summed E-state index contributed by atoms with van der Waals surface area (Å²) < 4.78 is 4.26. The van der Waals surface area contributed by atoms with Crippen molar-refractivity contribution < 1.29 is 0 Å². The molecule has 0 saturated heterocycles. The van der Waals surface area contributed by atoms with E-state index in [1.807, 2.05) is 0 Å². The van der Waals surface area contributed by atoms with E-state index in [-0.39, 0.29) is 0 Å². The average Bonchev–Trinajstić information content (AvgIpc) is 2.64. The first kappa shape index (κ1) is 29.4. The molecule has 0 saturated carbocycles. The van der Waals surface area contributed by atoms with E-state index < -0.39 is 16.5 Å². The molecule has 0 spiro atoms. The van der Waals surface area contributed by atoms with Crippen LogP contribution in [0.15, 0.2) is 0 Å². The minimum Gasteiger partial charge on any atom is -0.359 e. The van der Waals surface area contributed by atoms with E-state index in [9.17, 15) is 0 Å². The van der Waals surface area contributed by atoms with Crippen molar-refractivity contribution in [2.24, 2.45) is 0 Å². The Bertz CT molecular complexity index is 310. The summed E-state index contributed by atoms with van der Waals surface area (Å²) in [5.41, 5.74) is 0. The number of nitrogens with one attached hydrogen (secondary N) is 1. The van der Waals surface area contributed by atoms with Gasteiger partial charge in [-0.3, -0.25) is 0 Å². The highest BCUT2D eigenvalue weighted by Gasteiger charge is 2.30. The Morgan fingerprint density at radius 3 is 0.897 bits per heavy atom. The maximum absolute atomic E-state index is 4.26. The summed E-state index contributed by atoms with van der Waals surface area (Å²) in [5, 5.41) is 0. The molecule has 0 bridgehead atoms. The van der Waals surface area contributed by atoms with Gasteiger partial charge >= 0.3 is 0 Å². The van der Waals surface area contributed by atoms with E-state index in [0.29, 0.717) is 0 Å². The molecule has 0 atom stereocenters. The Kier molecular flexibility index (Phi) is 19.4. The van der Waals surface area contributed by atoms with Gasteiger partial charge in [0.25, 0.3) is 0 Å². The molecule has 0 rings (SSSR count). The van der Waals surface area contributed by atoms with Crippen LogP contribution in [-0.4, -0.2) is 16.5 Å². The number of hydrogen-bond donors (Lipinski definition) is 1. The van der Waals surface area contributed by atoms with Crippen molar-refractivity contribution in [3.05, 3.63) is 0 Å². The van der Waals surface area contributed by atoms with Crippen LogP contribution in [0.3, 0.4) is 0 Å². The maximum atomic E-state index is 4.26. The van der Waals surface area contributed by atoms with Gasteiger partial charge in [-0.25, -0.2) is 0 Å². The van der Waals surface area contributed by atoms with E-state index in [1.54, 1.807) is 0 Å². The molecule has 0 amide bonds. The molecule has 0 aromatic rings. The molecule has 0 aromatic heterocycles. The van der Waals surface area contributed by atoms with Crippen LogP contribution >= 0.6 is 0 Å². The molecule has 1 N–H and O–H groups in total. The van der Waals surface area contributed by atoms with Crippen LogP contribution in [0.1, 0.15) is 129 Å². The maximum Gasteiger partial charge on any atom is 0.112 e. The summed E-state index contributed by atoms with van der Waals surface area (Å²) in [5.74, 6) is 0. The van der Waals surface area contributed by atoms with E-state index in [4.69, 9.17) is 0 Å². The summed E-state index contributed by atoms with van der Waals surface area (Å²) in [6.07, 6.45) is 26.1. The van der Waals surface area contributed by atoms with Crippen molar-refractivity contribution in [3.63, 3.8) is 0 Å². The van der Waals surface area contributed by atoms with Crippen molar-refractivity contribution in [3.8, 4) is 0 Å². The van der Waals surface area contributed by atoms with Crippen LogP contribution in [0, 0.1) is 0 Å². The van der Waals surface area contributed by atoms with Crippen molar-refractivity contribution in [1.29, 1.82) is 0 Å². The highest BCUT2D eigenvalue weighted by atomic mass is 28.4. The highest BCUT2D eigenvalue weighted by Crippen LogP contribution is 2.20. The summed E-state index contributed by atoms with van der Waals surface area (Å²) >= 11 is 0. The van der Waals surface area contributed by atoms with Gasteiger partial charge in [-0.1, -0.05) is 156 Å². The number of hydrogen-bond acceptors (Lipinski definition) is 1. The van der Waals surface area contributed by atoms with E-state index in [2.05, 4.69) is 44.7 Å². The van der Waals surface area contributed by atoms with Crippen LogP contribution in [0.5, 0.6) is 0 Å². The van der Waals surface area contributed by atoms with Gasteiger partial charge in [-0.05, 0) is 12.1 Å². The second kappa shape index (κ2) is 19.1. The van der Waals surface area contributed by atoms with Crippen molar-refractivity contribution in [2.75, 3.05) is 0 Å². The Morgan fingerprint density at radius 2 is 0.621 bits per heavy atom. The largest absolute Gasteiger partial charge is 0.359 e. The molecule has 3 heteroatoms. The van der Waals surface area contributed by atoms with Crippen LogP contribution in [0.2, 0.25) is 38.3 Å². The third-order valence-corrected chi connectivity index (χ3v) is 15.1. The van der Waals surface area contributed by atoms with Gasteiger partial charge in [0.15, 0.2) is 0 Å². The molecule has 29 heavy (non-hydrogen) atoms. The predicted molar refractivity (Wildman–Crippen MR) is 142 cm³/mol. The molecular formula is C26H59NSi2. The molecule has 0 radical (unpaired) electrons. The van der Waals surface area contributed by atoms with Crippen molar-refractivity contribution >= 4 is 16.5 Å². The molecular weight excluding hydrogens is 382 g/mol. The van der Waals surface area contributed by atoms with Gasteiger partial charge in [-0.15, -0.1) is 0 Å². The molecule has 0 aliphatic heterocycles. The molecule has 0 fully saturated rings. The second-order valence-electron chi connectivity index (χ2n) is 11.0.